The van der Waals surface area contributed by atoms with Crippen LogP contribution in [0, 0.1) is 11.8 Å². The molecule has 178 valence electrons. The lowest BCUT2D eigenvalue weighted by Gasteiger charge is -2.51. The van der Waals surface area contributed by atoms with E-state index in [2.05, 4.69) is 77.1 Å². The Kier molecular flexibility index (Phi) is 6.01. The van der Waals surface area contributed by atoms with E-state index in [4.69, 9.17) is 9.47 Å². The number of hydrogen-bond donors (Lipinski definition) is 0. The van der Waals surface area contributed by atoms with Crippen LogP contribution in [0.5, 0.6) is 5.75 Å². The van der Waals surface area contributed by atoms with Crippen molar-refractivity contribution in [2.75, 3.05) is 20.2 Å². The van der Waals surface area contributed by atoms with E-state index in [1.165, 1.54) is 28.3 Å². The Hall–Kier alpha value is -3.21. The summed E-state index contributed by atoms with van der Waals surface area (Å²) in [5.74, 6) is 2.10. The fraction of sp³-hybridized carbons (Fsp3) is 0.323. The molecule has 35 heavy (non-hydrogen) atoms. The Balaban J connectivity index is 1.40. The standard InChI is InChI=1S/C31H32N2O2/c1-3-21-19-33-16-14-23(21)17-30(33)31(27-13-15-32-29-12-11-25(34-2)18-28(27)29)35-20-24-9-6-8-22-7-4-5-10-26(22)24/h3-13,15,18,21,23,30-31H,1,14,16-17,19-20H2,2H3/t21?,23?,30?,31-/m0/s1. The van der Waals surface area contributed by atoms with E-state index >= 15 is 0 Å². The van der Waals surface area contributed by atoms with E-state index < -0.39 is 0 Å². The highest BCUT2D eigenvalue weighted by Gasteiger charge is 2.43. The molecule has 0 aliphatic carbocycles. The molecule has 3 aliphatic heterocycles. The lowest BCUT2D eigenvalue weighted by molar-refractivity contribution is -0.0801. The quantitative estimate of drug-likeness (QED) is 0.291. The zero-order valence-corrected chi connectivity index (χ0v) is 20.3. The zero-order chi connectivity index (χ0) is 23.8. The molecule has 4 heteroatoms. The fourth-order valence-electron chi connectivity index (χ4n) is 6.22. The monoisotopic (exact) mass is 464 g/mol. The molecule has 0 radical (unpaired) electrons. The van der Waals surface area contributed by atoms with Crippen molar-refractivity contribution in [3.8, 4) is 5.75 Å². The molecule has 4 nitrogen and oxygen atoms in total. The molecule has 4 unspecified atom stereocenters. The average molecular weight is 465 g/mol. The van der Waals surface area contributed by atoms with Crippen LogP contribution in [0.3, 0.4) is 0 Å². The summed E-state index contributed by atoms with van der Waals surface area (Å²) in [5, 5.41) is 3.61. The van der Waals surface area contributed by atoms with E-state index in [-0.39, 0.29) is 6.10 Å². The van der Waals surface area contributed by atoms with Gasteiger partial charge in [-0.25, -0.2) is 0 Å². The van der Waals surface area contributed by atoms with Crippen molar-refractivity contribution in [2.24, 2.45) is 11.8 Å². The first kappa shape index (κ1) is 22.3. The molecule has 1 aromatic heterocycles. The first-order valence-corrected chi connectivity index (χ1v) is 12.6. The molecule has 0 N–H and O–H groups in total. The predicted molar refractivity (Wildman–Crippen MR) is 142 cm³/mol. The van der Waals surface area contributed by atoms with Gasteiger partial charge in [-0.15, -0.1) is 6.58 Å². The Morgan fingerprint density at radius 1 is 1.09 bits per heavy atom. The van der Waals surface area contributed by atoms with Crippen LogP contribution < -0.4 is 4.74 Å². The predicted octanol–water partition coefficient (Wildman–Crippen LogP) is 6.55. The minimum absolute atomic E-state index is 0.0554. The van der Waals surface area contributed by atoms with Gasteiger partial charge >= 0.3 is 0 Å². The molecule has 7 rings (SSSR count). The van der Waals surface area contributed by atoms with Crippen molar-refractivity contribution in [3.63, 3.8) is 0 Å². The van der Waals surface area contributed by atoms with E-state index in [1.807, 2.05) is 18.3 Å². The van der Waals surface area contributed by atoms with Gasteiger partial charge in [0.1, 0.15) is 5.75 Å². The third-order valence-electron chi connectivity index (χ3n) is 8.09. The second-order valence-corrected chi connectivity index (χ2v) is 9.90. The summed E-state index contributed by atoms with van der Waals surface area (Å²) in [6, 6.07) is 23.6. The second kappa shape index (κ2) is 9.44. The number of nitrogens with zero attached hydrogens (tertiary/aromatic N) is 2. The van der Waals surface area contributed by atoms with Crippen LogP contribution in [-0.4, -0.2) is 36.1 Å². The maximum absolute atomic E-state index is 6.93. The third kappa shape index (κ3) is 4.11. The van der Waals surface area contributed by atoms with Crippen LogP contribution in [0.25, 0.3) is 21.7 Å². The molecule has 3 aromatic carbocycles. The maximum Gasteiger partial charge on any atom is 0.119 e. The summed E-state index contributed by atoms with van der Waals surface area (Å²) < 4.78 is 12.5. The molecule has 3 aliphatic rings. The molecule has 0 saturated carbocycles. The number of fused-ring (bicyclic) bond motifs is 5. The number of hydrogen-bond acceptors (Lipinski definition) is 4. The molecule has 0 amide bonds. The first-order chi connectivity index (χ1) is 17.2. The molecular weight excluding hydrogens is 432 g/mol. The summed E-state index contributed by atoms with van der Waals surface area (Å²) in [4.78, 5) is 7.27. The van der Waals surface area contributed by atoms with Crippen LogP contribution in [0.2, 0.25) is 0 Å². The number of aromatic nitrogens is 1. The maximum atomic E-state index is 6.93. The molecule has 2 bridgehead atoms. The van der Waals surface area contributed by atoms with Crippen molar-refractivity contribution in [1.29, 1.82) is 0 Å². The highest BCUT2D eigenvalue weighted by molar-refractivity contribution is 5.86. The van der Waals surface area contributed by atoms with Gasteiger partial charge in [0.2, 0.25) is 0 Å². The van der Waals surface area contributed by atoms with Gasteiger partial charge in [0, 0.05) is 24.2 Å². The van der Waals surface area contributed by atoms with E-state index in [0.29, 0.717) is 24.5 Å². The topological polar surface area (TPSA) is 34.6 Å². The molecule has 3 saturated heterocycles. The molecule has 4 aromatic rings. The smallest absolute Gasteiger partial charge is 0.119 e. The van der Waals surface area contributed by atoms with Gasteiger partial charge in [-0.1, -0.05) is 48.5 Å². The van der Waals surface area contributed by atoms with Gasteiger partial charge in [-0.3, -0.25) is 9.88 Å². The van der Waals surface area contributed by atoms with Gasteiger partial charge in [-0.05, 0) is 77.4 Å². The SMILES string of the molecule is C=CC1CN2CCC1CC2[C@@H](OCc1cccc2ccccc12)c1ccnc2ccc(OC)cc12. The Morgan fingerprint density at radius 3 is 2.80 bits per heavy atom. The summed E-state index contributed by atoms with van der Waals surface area (Å²) in [5.41, 5.74) is 3.40. The number of methoxy groups -OCH3 is 1. The van der Waals surface area contributed by atoms with Crippen LogP contribution in [-0.2, 0) is 11.3 Å². The first-order valence-electron chi connectivity index (χ1n) is 12.6. The number of rotatable bonds is 7. The van der Waals surface area contributed by atoms with Crippen molar-refractivity contribution in [3.05, 3.63) is 96.7 Å². The highest BCUT2D eigenvalue weighted by Crippen LogP contribution is 2.44. The van der Waals surface area contributed by atoms with Crippen molar-refractivity contribution in [2.45, 2.75) is 31.6 Å². The lowest BCUT2D eigenvalue weighted by Crippen LogP contribution is -2.55. The second-order valence-electron chi connectivity index (χ2n) is 9.90. The number of pyridine rings is 1. The van der Waals surface area contributed by atoms with Gasteiger partial charge in [-0.2, -0.15) is 0 Å². The van der Waals surface area contributed by atoms with E-state index in [9.17, 15) is 0 Å². The number of benzene rings is 3. The van der Waals surface area contributed by atoms with Crippen LogP contribution >= 0.6 is 0 Å². The Bertz CT molecular complexity index is 1360. The summed E-state index contributed by atoms with van der Waals surface area (Å²) >= 11 is 0. The molecular formula is C31H32N2O2. The minimum Gasteiger partial charge on any atom is -0.497 e. The van der Waals surface area contributed by atoms with Crippen molar-refractivity contribution in [1.82, 2.24) is 9.88 Å². The fourth-order valence-corrected chi connectivity index (χ4v) is 6.22. The van der Waals surface area contributed by atoms with Crippen LogP contribution in [0.4, 0.5) is 0 Å². The minimum atomic E-state index is -0.0554. The third-order valence-corrected chi connectivity index (χ3v) is 8.09. The van der Waals surface area contributed by atoms with Gasteiger partial charge < -0.3 is 9.47 Å². The number of piperidine rings is 3. The molecule has 3 fully saturated rings. The molecule has 4 heterocycles. The average Bonchev–Trinajstić information content (AvgIpc) is 2.93. The highest BCUT2D eigenvalue weighted by atomic mass is 16.5. The van der Waals surface area contributed by atoms with Gasteiger partial charge in [0.05, 0.1) is 25.3 Å². The van der Waals surface area contributed by atoms with Crippen LogP contribution in [0.15, 0.2) is 85.6 Å². The zero-order valence-electron chi connectivity index (χ0n) is 20.3. The molecule has 5 atom stereocenters. The molecule has 0 spiro atoms. The van der Waals surface area contributed by atoms with Crippen molar-refractivity contribution < 1.29 is 9.47 Å². The normalized spacial score (nSPS) is 24.5. The largest absolute Gasteiger partial charge is 0.497 e. The lowest BCUT2D eigenvalue weighted by atomic mass is 9.73. The van der Waals surface area contributed by atoms with E-state index in [1.54, 1.807) is 7.11 Å². The summed E-state index contributed by atoms with van der Waals surface area (Å²) in [6.07, 6.45) is 6.39. The summed E-state index contributed by atoms with van der Waals surface area (Å²) in [7, 11) is 1.72. The van der Waals surface area contributed by atoms with E-state index in [0.717, 1.165) is 36.2 Å². The van der Waals surface area contributed by atoms with Gasteiger partial charge in [0.15, 0.2) is 0 Å². The number of ether oxygens (including phenoxy) is 2. The summed E-state index contributed by atoms with van der Waals surface area (Å²) in [6.45, 7) is 6.88. The van der Waals surface area contributed by atoms with Gasteiger partial charge in [0.25, 0.3) is 0 Å². The van der Waals surface area contributed by atoms with Crippen molar-refractivity contribution >= 4 is 21.7 Å². The van der Waals surface area contributed by atoms with Crippen LogP contribution in [0.1, 0.15) is 30.1 Å². The Labute approximate surface area is 207 Å². The Morgan fingerprint density at radius 2 is 1.97 bits per heavy atom.